The molecule has 1 aromatic rings. The third kappa shape index (κ3) is 2.06. The normalized spacial score (nSPS) is 17.9. The Hall–Kier alpha value is -0.210. The van der Waals surface area contributed by atoms with Crippen molar-refractivity contribution in [3.05, 3.63) is 40.9 Å². The van der Waals surface area contributed by atoms with Crippen LogP contribution in [0.4, 0.5) is 0 Å². The maximum absolute atomic E-state index is 4.07. The third-order valence-electron chi connectivity index (χ3n) is 2.61. The molecule has 2 heteroatoms. The van der Waals surface area contributed by atoms with Gasteiger partial charge in [0.25, 0.3) is 0 Å². The van der Waals surface area contributed by atoms with Crippen molar-refractivity contribution in [1.82, 2.24) is 0 Å². The van der Waals surface area contributed by atoms with Crippen molar-refractivity contribution in [2.24, 2.45) is 0 Å². The molecule has 0 nitrogen and oxygen atoms in total. The van der Waals surface area contributed by atoms with Crippen LogP contribution in [0.1, 0.15) is 19.8 Å². The van der Waals surface area contributed by atoms with Crippen molar-refractivity contribution < 1.29 is 0 Å². The second-order valence-corrected chi connectivity index (χ2v) is 6.20. The molecule has 0 N–H and O–H groups in total. The fraction of sp³-hybridized carbons (Fsp3) is 0.333. The Morgan fingerprint density at radius 1 is 1.36 bits per heavy atom. The maximum Gasteiger partial charge on any atom is 0.0411 e. The van der Waals surface area contributed by atoms with Gasteiger partial charge in [-0.3, -0.25) is 0 Å². The van der Waals surface area contributed by atoms with Crippen LogP contribution in [-0.2, 0) is 0 Å². The van der Waals surface area contributed by atoms with Gasteiger partial charge in [0.2, 0.25) is 0 Å². The van der Waals surface area contributed by atoms with E-state index >= 15 is 0 Å². The van der Waals surface area contributed by atoms with Gasteiger partial charge in [-0.25, -0.2) is 0 Å². The first kappa shape index (κ1) is 10.3. The van der Waals surface area contributed by atoms with Gasteiger partial charge < -0.3 is 0 Å². The molecule has 1 aliphatic carbocycles. The van der Waals surface area contributed by atoms with Crippen molar-refractivity contribution in [2.75, 3.05) is 0 Å². The van der Waals surface area contributed by atoms with Gasteiger partial charge in [-0.05, 0) is 44.0 Å². The quantitative estimate of drug-likeness (QED) is 0.720. The fourth-order valence-electron chi connectivity index (χ4n) is 1.46. The van der Waals surface area contributed by atoms with Crippen molar-refractivity contribution >= 4 is 27.7 Å². The van der Waals surface area contributed by atoms with E-state index in [0.29, 0.717) is 4.75 Å². The van der Waals surface area contributed by atoms with E-state index in [-0.39, 0.29) is 0 Å². The number of hydrogen-bond donors (Lipinski definition) is 0. The first-order valence-corrected chi connectivity index (χ1v) is 6.34. The topological polar surface area (TPSA) is 0 Å². The van der Waals surface area contributed by atoms with Crippen LogP contribution in [0.15, 0.2) is 45.8 Å². The number of thioether (sulfide) groups is 1. The number of benzene rings is 1. The number of halogens is 1. The molecule has 0 spiro atoms. The Labute approximate surface area is 97.9 Å². The summed E-state index contributed by atoms with van der Waals surface area (Å²) in [6.07, 6.45) is 2.56. The second kappa shape index (κ2) is 3.74. The summed E-state index contributed by atoms with van der Waals surface area (Å²) in [6.45, 7) is 6.21. The van der Waals surface area contributed by atoms with Gasteiger partial charge in [0.1, 0.15) is 0 Å². The molecular formula is C12H13BrS. The average molecular weight is 269 g/mol. The SMILES string of the molecule is C=C(C)C1(Sc2ccc(Br)cc2)CC1. The van der Waals surface area contributed by atoms with E-state index in [2.05, 4.69) is 53.7 Å². The Balaban J connectivity index is 2.11. The highest BCUT2D eigenvalue weighted by Crippen LogP contribution is 2.55. The zero-order chi connectivity index (χ0) is 10.2. The summed E-state index contributed by atoms with van der Waals surface area (Å²) in [5.41, 5.74) is 1.31. The summed E-state index contributed by atoms with van der Waals surface area (Å²) in [4.78, 5) is 1.34. The molecule has 0 heterocycles. The van der Waals surface area contributed by atoms with E-state index in [9.17, 15) is 0 Å². The van der Waals surface area contributed by atoms with Crippen LogP contribution in [0.2, 0.25) is 0 Å². The molecule has 0 unspecified atom stereocenters. The Morgan fingerprint density at radius 3 is 2.36 bits per heavy atom. The van der Waals surface area contributed by atoms with Gasteiger partial charge in [0.15, 0.2) is 0 Å². The molecule has 1 fully saturated rings. The lowest BCUT2D eigenvalue weighted by Gasteiger charge is -2.14. The van der Waals surface area contributed by atoms with Gasteiger partial charge in [0.05, 0.1) is 0 Å². The lowest BCUT2D eigenvalue weighted by molar-refractivity contribution is 1.07. The Morgan fingerprint density at radius 2 is 1.93 bits per heavy atom. The molecule has 0 aliphatic heterocycles. The molecule has 0 amide bonds. The third-order valence-corrected chi connectivity index (χ3v) is 4.79. The van der Waals surface area contributed by atoms with E-state index < -0.39 is 0 Å². The Bertz CT molecular complexity index is 349. The summed E-state index contributed by atoms with van der Waals surface area (Å²) in [5, 5.41) is 0. The molecule has 0 saturated heterocycles. The molecule has 74 valence electrons. The minimum atomic E-state index is 0.355. The van der Waals surface area contributed by atoms with E-state index in [1.807, 2.05) is 11.8 Å². The van der Waals surface area contributed by atoms with E-state index in [0.717, 1.165) is 4.47 Å². The van der Waals surface area contributed by atoms with Crippen LogP contribution in [0.5, 0.6) is 0 Å². The minimum absolute atomic E-state index is 0.355. The molecule has 0 aromatic heterocycles. The largest absolute Gasteiger partial charge is 0.115 e. The maximum atomic E-state index is 4.07. The monoisotopic (exact) mass is 268 g/mol. The van der Waals surface area contributed by atoms with Crippen LogP contribution < -0.4 is 0 Å². The fourth-order valence-corrected chi connectivity index (χ4v) is 2.93. The van der Waals surface area contributed by atoms with Crippen LogP contribution in [0, 0.1) is 0 Å². The predicted molar refractivity (Wildman–Crippen MR) is 66.8 cm³/mol. The van der Waals surface area contributed by atoms with Gasteiger partial charge in [-0.1, -0.05) is 28.1 Å². The van der Waals surface area contributed by atoms with E-state index in [4.69, 9.17) is 0 Å². The highest BCUT2D eigenvalue weighted by Gasteiger charge is 2.44. The van der Waals surface area contributed by atoms with Crippen molar-refractivity contribution in [1.29, 1.82) is 0 Å². The van der Waals surface area contributed by atoms with Gasteiger partial charge >= 0.3 is 0 Å². The molecule has 0 atom stereocenters. The smallest absolute Gasteiger partial charge is 0.0411 e. The molecule has 2 rings (SSSR count). The lowest BCUT2D eigenvalue weighted by Crippen LogP contribution is -2.02. The second-order valence-electron chi connectivity index (χ2n) is 3.83. The summed E-state index contributed by atoms with van der Waals surface area (Å²) in [7, 11) is 0. The highest BCUT2D eigenvalue weighted by atomic mass is 79.9. The van der Waals surface area contributed by atoms with Crippen LogP contribution in [-0.4, -0.2) is 4.75 Å². The van der Waals surface area contributed by atoms with Crippen molar-refractivity contribution in [2.45, 2.75) is 29.4 Å². The molecule has 1 aliphatic rings. The standard InChI is InChI=1S/C12H13BrS/c1-9(2)12(7-8-12)14-11-5-3-10(13)4-6-11/h3-6H,1,7-8H2,2H3. The first-order chi connectivity index (χ1) is 6.62. The van der Waals surface area contributed by atoms with Crippen molar-refractivity contribution in [3.63, 3.8) is 0 Å². The molecule has 14 heavy (non-hydrogen) atoms. The van der Waals surface area contributed by atoms with Gasteiger partial charge in [-0.2, -0.15) is 0 Å². The van der Waals surface area contributed by atoms with E-state index in [1.165, 1.54) is 23.3 Å². The van der Waals surface area contributed by atoms with Gasteiger partial charge in [-0.15, -0.1) is 11.8 Å². The first-order valence-electron chi connectivity index (χ1n) is 4.73. The average Bonchev–Trinajstić information content (AvgIpc) is 2.90. The highest BCUT2D eigenvalue weighted by molar-refractivity contribution is 9.10. The van der Waals surface area contributed by atoms with Crippen LogP contribution >= 0.6 is 27.7 Å². The predicted octanol–water partition coefficient (Wildman–Crippen LogP) is 4.65. The summed E-state index contributed by atoms with van der Waals surface area (Å²) in [5.74, 6) is 0. The molecule has 0 radical (unpaired) electrons. The summed E-state index contributed by atoms with van der Waals surface area (Å²) < 4.78 is 1.50. The van der Waals surface area contributed by atoms with Crippen LogP contribution in [0.25, 0.3) is 0 Å². The number of rotatable bonds is 3. The lowest BCUT2D eigenvalue weighted by atomic mass is 10.2. The number of hydrogen-bond acceptors (Lipinski definition) is 1. The minimum Gasteiger partial charge on any atom is -0.115 e. The summed E-state index contributed by atoms with van der Waals surface area (Å²) in [6, 6.07) is 8.52. The zero-order valence-corrected chi connectivity index (χ0v) is 10.6. The summed E-state index contributed by atoms with van der Waals surface area (Å²) >= 11 is 5.40. The Kier molecular flexibility index (Phi) is 2.76. The molecule has 1 saturated carbocycles. The van der Waals surface area contributed by atoms with Crippen LogP contribution in [0.3, 0.4) is 0 Å². The molecule has 1 aromatic carbocycles. The zero-order valence-electron chi connectivity index (χ0n) is 8.22. The van der Waals surface area contributed by atoms with E-state index in [1.54, 1.807) is 0 Å². The molecular weight excluding hydrogens is 256 g/mol. The molecule has 0 bridgehead atoms. The van der Waals surface area contributed by atoms with Gasteiger partial charge in [0, 0.05) is 14.1 Å². The van der Waals surface area contributed by atoms with Crippen molar-refractivity contribution in [3.8, 4) is 0 Å².